The van der Waals surface area contributed by atoms with Gasteiger partial charge in [-0.1, -0.05) is 11.3 Å². The highest BCUT2D eigenvalue weighted by molar-refractivity contribution is 7.20. The summed E-state index contributed by atoms with van der Waals surface area (Å²) in [6.45, 7) is 0.0991. The fourth-order valence-electron chi connectivity index (χ4n) is 2.65. The smallest absolute Gasteiger partial charge is 0.283 e. The highest BCUT2D eigenvalue weighted by Crippen LogP contribution is 2.35. The van der Waals surface area contributed by atoms with Gasteiger partial charge in [0.25, 0.3) is 5.56 Å². The second-order valence-corrected chi connectivity index (χ2v) is 6.45. The first-order chi connectivity index (χ1) is 12.6. The van der Waals surface area contributed by atoms with Gasteiger partial charge in [-0.15, -0.1) is 5.10 Å². The molecule has 7 nitrogen and oxygen atoms in total. The van der Waals surface area contributed by atoms with Crippen molar-refractivity contribution in [3.05, 3.63) is 52.3 Å². The van der Waals surface area contributed by atoms with E-state index in [0.717, 1.165) is 28.0 Å². The number of anilines is 2. The molecule has 0 bridgehead atoms. The zero-order chi connectivity index (χ0) is 17.8. The predicted octanol–water partition coefficient (Wildman–Crippen LogP) is 3.05. The Labute approximate surface area is 147 Å². The summed E-state index contributed by atoms with van der Waals surface area (Å²) in [5.41, 5.74) is 0.404. The van der Waals surface area contributed by atoms with E-state index in [2.05, 4.69) is 15.4 Å². The molecule has 10 heteroatoms. The number of nitrogens with one attached hydrogen (secondary N) is 1. The predicted molar refractivity (Wildman–Crippen MR) is 90.4 cm³/mol. The molecule has 1 aliphatic heterocycles. The van der Waals surface area contributed by atoms with Crippen LogP contribution in [0.3, 0.4) is 0 Å². The summed E-state index contributed by atoms with van der Waals surface area (Å²) in [4.78, 5) is 17.5. The Morgan fingerprint density at radius 3 is 2.73 bits per heavy atom. The number of hydrogen-bond donors (Lipinski definition) is 1. The van der Waals surface area contributed by atoms with Crippen LogP contribution in [0.4, 0.5) is 19.6 Å². The molecular weight excluding hydrogens is 366 g/mol. The minimum atomic E-state index is -0.980. The van der Waals surface area contributed by atoms with Gasteiger partial charge in [-0.25, -0.2) is 13.8 Å². The van der Waals surface area contributed by atoms with Gasteiger partial charge in [-0.2, -0.15) is 4.52 Å². The normalized spacial score (nSPS) is 12.8. The summed E-state index contributed by atoms with van der Waals surface area (Å²) in [5.74, 6) is -0.918. The number of hydrogen-bond acceptors (Lipinski definition) is 7. The van der Waals surface area contributed by atoms with Gasteiger partial charge < -0.3 is 14.8 Å². The topological polar surface area (TPSA) is 77.8 Å². The van der Waals surface area contributed by atoms with Crippen LogP contribution in [0, 0.1) is 11.6 Å². The van der Waals surface area contributed by atoms with Crippen LogP contribution in [0.15, 0.2) is 35.1 Å². The molecule has 0 amide bonds. The molecule has 130 valence electrons. The molecule has 0 aliphatic carbocycles. The van der Waals surface area contributed by atoms with Gasteiger partial charge in [-0.3, -0.25) is 4.79 Å². The van der Waals surface area contributed by atoms with Gasteiger partial charge in [0, 0.05) is 17.8 Å². The lowest BCUT2D eigenvalue weighted by Gasteiger charge is -2.01. The second kappa shape index (κ2) is 5.36. The number of rotatable bonds is 2. The van der Waals surface area contributed by atoms with Crippen LogP contribution in [0.1, 0.15) is 0 Å². The van der Waals surface area contributed by atoms with Crippen LogP contribution in [0.2, 0.25) is 0 Å². The Hall–Kier alpha value is -3.27. The van der Waals surface area contributed by atoms with Gasteiger partial charge in [0.2, 0.25) is 16.9 Å². The third-order valence-electron chi connectivity index (χ3n) is 3.86. The summed E-state index contributed by atoms with van der Waals surface area (Å²) in [6, 6.07) is 6.59. The fourth-order valence-corrected chi connectivity index (χ4v) is 3.46. The summed E-state index contributed by atoms with van der Waals surface area (Å²) in [5, 5.41) is 7.66. The quantitative estimate of drug-likeness (QED) is 0.581. The van der Waals surface area contributed by atoms with Crippen molar-refractivity contribution in [3.63, 3.8) is 0 Å². The highest BCUT2D eigenvalue weighted by Gasteiger charge is 2.18. The molecule has 1 aliphatic rings. The van der Waals surface area contributed by atoms with Crippen molar-refractivity contribution in [1.29, 1.82) is 0 Å². The lowest BCUT2D eigenvalue weighted by molar-refractivity contribution is 0.174. The van der Waals surface area contributed by atoms with E-state index < -0.39 is 11.6 Å². The van der Waals surface area contributed by atoms with Crippen molar-refractivity contribution < 1.29 is 18.3 Å². The minimum absolute atomic E-state index is 0.0991. The van der Waals surface area contributed by atoms with Crippen molar-refractivity contribution in [1.82, 2.24) is 14.6 Å². The van der Waals surface area contributed by atoms with E-state index in [1.807, 2.05) is 0 Å². The maximum atomic E-state index is 13.3. The molecule has 5 rings (SSSR count). The van der Waals surface area contributed by atoms with E-state index in [1.54, 1.807) is 12.1 Å². The number of aromatic nitrogens is 3. The Kier molecular flexibility index (Phi) is 3.10. The van der Waals surface area contributed by atoms with E-state index in [0.29, 0.717) is 38.2 Å². The monoisotopic (exact) mass is 374 g/mol. The standard InChI is InChI=1S/C16H8F2N4O3S/c17-9-2-1-7(3-10(9)18)19-15-21-22-14(23)8-4-12-13(25-6-24-12)5-11(8)20-16(22)26-15/h1-5H,6H2,(H,19,21). The Morgan fingerprint density at radius 1 is 1.12 bits per heavy atom. The Balaban J connectivity index is 1.62. The summed E-state index contributed by atoms with van der Waals surface area (Å²) < 4.78 is 38.1. The van der Waals surface area contributed by atoms with Crippen LogP contribution in [0.5, 0.6) is 11.5 Å². The lowest BCUT2D eigenvalue weighted by Crippen LogP contribution is -2.15. The molecule has 3 heterocycles. The average molecular weight is 374 g/mol. The van der Waals surface area contributed by atoms with E-state index in [1.165, 1.54) is 6.07 Å². The summed E-state index contributed by atoms with van der Waals surface area (Å²) in [6.07, 6.45) is 0. The van der Waals surface area contributed by atoms with E-state index >= 15 is 0 Å². The largest absolute Gasteiger partial charge is 0.454 e. The van der Waals surface area contributed by atoms with Gasteiger partial charge in [-0.05, 0) is 18.2 Å². The molecule has 0 saturated carbocycles. The minimum Gasteiger partial charge on any atom is -0.454 e. The molecule has 1 N–H and O–H groups in total. The van der Waals surface area contributed by atoms with Gasteiger partial charge in [0.05, 0.1) is 10.9 Å². The summed E-state index contributed by atoms with van der Waals surface area (Å²) >= 11 is 1.11. The van der Waals surface area contributed by atoms with Crippen LogP contribution in [-0.4, -0.2) is 21.4 Å². The zero-order valence-corrected chi connectivity index (χ0v) is 13.6. The Morgan fingerprint density at radius 2 is 1.92 bits per heavy atom. The summed E-state index contributed by atoms with van der Waals surface area (Å²) in [7, 11) is 0. The Bertz CT molecular complexity index is 1250. The first kappa shape index (κ1) is 15.0. The number of halogens is 2. The molecule has 0 spiro atoms. The first-order valence-electron chi connectivity index (χ1n) is 7.44. The van der Waals surface area contributed by atoms with E-state index in [9.17, 15) is 13.6 Å². The average Bonchev–Trinajstić information content (AvgIpc) is 3.23. The number of benzene rings is 2. The van der Waals surface area contributed by atoms with E-state index in [-0.39, 0.29) is 12.4 Å². The molecule has 4 aromatic rings. The highest BCUT2D eigenvalue weighted by atomic mass is 32.1. The molecule has 0 atom stereocenters. The molecule has 0 radical (unpaired) electrons. The van der Waals surface area contributed by atoms with Crippen LogP contribution in [-0.2, 0) is 0 Å². The SMILES string of the molecule is O=c1c2cc3c(cc2nc2sc(Nc4ccc(F)c(F)c4)nn12)OCO3. The molecule has 0 fully saturated rings. The van der Waals surface area contributed by atoms with Crippen molar-refractivity contribution in [3.8, 4) is 11.5 Å². The first-order valence-corrected chi connectivity index (χ1v) is 8.25. The van der Waals surface area contributed by atoms with Crippen LogP contribution < -0.4 is 20.3 Å². The van der Waals surface area contributed by atoms with Gasteiger partial charge >= 0.3 is 0 Å². The van der Waals surface area contributed by atoms with Crippen molar-refractivity contribution in [2.24, 2.45) is 0 Å². The molecule has 26 heavy (non-hydrogen) atoms. The molecular formula is C16H8F2N4O3S. The van der Waals surface area contributed by atoms with Gasteiger partial charge in [0.15, 0.2) is 23.1 Å². The second-order valence-electron chi connectivity index (χ2n) is 5.50. The molecule has 0 unspecified atom stereocenters. The number of nitrogens with zero attached hydrogens (tertiary/aromatic N) is 3. The maximum Gasteiger partial charge on any atom is 0.283 e. The third kappa shape index (κ3) is 2.26. The van der Waals surface area contributed by atoms with Crippen molar-refractivity contribution >= 4 is 38.0 Å². The molecule has 2 aromatic carbocycles. The number of fused-ring (bicyclic) bond motifs is 3. The van der Waals surface area contributed by atoms with Crippen molar-refractivity contribution in [2.45, 2.75) is 0 Å². The third-order valence-corrected chi connectivity index (χ3v) is 4.68. The fraction of sp³-hybridized carbons (Fsp3) is 0.0625. The lowest BCUT2D eigenvalue weighted by atomic mass is 10.2. The van der Waals surface area contributed by atoms with Crippen molar-refractivity contribution in [2.75, 3.05) is 12.1 Å². The maximum absolute atomic E-state index is 13.3. The van der Waals surface area contributed by atoms with Gasteiger partial charge in [0.1, 0.15) is 0 Å². The molecule has 2 aromatic heterocycles. The van der Waals surface area contributed by atoms with Crippen LogP contribution in [0.25, 0.3) is 15.9 Å². The van der Waals surface area contributed by atoms with Crippen LogP contribution >= 0.6 is 11.3 Å². The zero-order valence-electron chi connectivity index (χ0n) is 12.8. The number of ether oxygens (including phenoxy) is 2. The molecule has 0 saturated heterocycles. The van der Waals surface area contributed by atoms with E-state index in [4.69, 9.17) is 9.47 Å².